The third kappa shape index (κ3) is 3.94. The van der Waals surface area contributed by atoms with Crippen LogP contribution in [-0.4, -0.2) is 74.0 Å². The van der Waals surface area contributed by atoms with Crippen molar-refractivity contribution in [1.82, 2.24) is 9.80 Å². The molecule has 2 saturated heterocycles. The summed E-state index contributed by atoms with van der Waals surface area (Å²) in [5, 5.41) is 0. The van der Waals surface area contributed by atoms with Gasteiger partial charge in [0, 0.05) is 30.7 Å². The Bertz CT molecular complexity index is 286. The van der Waals surface area contributed by atoms with Gasteiger partial charge in [0.05, 0.1) is 26.4 Å². The smallest absolute Gasteiger partial charge is 0.0622 e. The molecule has 0 N–H and O–H groups in total. The summed E-state index contributed by atoms with van der Waals surface area (Å²) in [4.78, 5) is 5.14. The van der Waals surface area contributed by atoms with Gasteiger partial charge in [-0.2, -0.15) is 0 Å². The van der Waals surface area contributed by atoms with Gasteiger partial charge in [-0.1, -0.05) is 6.92 Å². The van der Waals surface area contributed by atoms with E-state index in [2.05, 4.69) is 37.6 Å². The van der Waals surface area contributed by atoms with E-state index >= 15 is 0 Å². The molecule has 0 aromatic rings. The third-order valence-electron chi connectivity index (χ3n) is 5.01. The van der Waals surface area contributed by atoms with Crippen molar-refractivity contribution in [3.8, 4) is 0 Å². The Morgan fingerprint density at radius 2 is 1.65 bits per heavy atom. The second-order valence-electron chi connectivity index (χ2n) is 6.56. The first kappa shape index (κ1) is 16.2. The van der Waals surface area contributed by atoms with E-state index < -0.39 is 0 Å². The highest BCUT2D eigenvalue weighted by molar-refractivity contribution is 4.84. The van der Waals surface area contributed by atoms with Crippen molar-refractivity contribution in [1.29, 1.82) is 0 Å². The molecular formula is C16H32N2O2. The molecule has 2 unspecified atom stereocenters. The summed E-state index contributed by atoms with van der Waals surface area (Å²) in [5.74, 6) is 0. The molecule has 4 nitrogen and oxygen atoms in total. The van der Waals surface area contributed by atoms with Gasteiger partial charge in [0.1, 0.15) is 0 Å². The molecule has 0 aromatic heterocycles. The van der Waals surface area contributed by atoms with Gasteiger partial charge < -0.3 is 9.47 Å². The summed E-state index contributed by atoms with van der Waals surface area (Å²) < 4.78 is 11.5. The number of likely N-dealkylation sites (N-methyl/N-ethyl adjacent to an activating group) is 1. The first-order chi connectivity index (χ1) is 9.63. The highest BCUT2D eigenvalue weighted by Gasteiger charge is 2.30. The van der Waals surface area contributed by atoms with E-state index in [0.29, 0.717) is 24.2 Å². The molecule has 20 heavy (non-hydrogen) atoms. The Morgan fingerprint density at radius 1 is 1.00 bits per heavy atom. The van der Waals surface area contributed by atoms with Crippen molar-refractivity contribution in [3.05, 3.63) is 0 Å². The van der Waals surface area contributed by atoms with Crippen LogP contribution in [0.3, 0.4) is 0 Å². The molecule has 0 bridgehead atoms. The molecule has 0 radical (unpaired) electrons. The average Bonchev–Trinajstić information content (AvgIpc) is 2.46. The maximum Gasteiger partial charge on any atom is 0.0622 e. The van der Waals surface area contributed by atoms with Gasteiger partial charge in [0.25, 0.3) is 0 Å². The van der Waals surface area contributed by atoms with Crippen LogP contribution in [0.25, 0.3) is 0 Å². The van der Waals surface area contributed by atoms with Gasteiger partial charge in [-0.3, -0.25) is 9.80 Å². The molecule has 3 atom stereocenters. The van der Waals surface area contributed by atoms with Crippen molar-refractivity contribution in [3.63, 3.8) is 0 Å². The van der Waals surface area contributed by atoms with Gasteiger partial charge in [-0.15, -0.1) is 0 Å². The number of morpholine rings is 2. The summed E-state index contributed by atoms with van der Waals surface area (Å²) in [5.41, 5.74) is 0. The first-order valence-electron chi connectivity index (χ1n) is 8.26. The summed E-state index contributed by atoms with van der Waals surface area (Å²) >= 11 is 0. The van der Waals surface area contributed by atoms with Gasteiger partial charge in [0.15, 0.2) is 0 Å². The van der Waals surface area contributed by atoms with Crippen LogP contribution in [-0.2, 0) is 9.47 Å². The lowest BCUT2D eigenvalue weighted by Gasteiger charge is -2.42. The van der Waals surface area contributed by atoms with E-state index in [0.717, 1.165) is 33.0 Å². The molecular weight excluding hydrogens is 252 g/mol. The monoisotopic (exact) mass is 284 g/mol. The fourth-order valence-electron chi connectivity index (χ4n) is 3.55. The number of rotatable bonds is 5. The average molecular weight is 284 g/mol. The van der Waals surface area contributed by atoms with E-state index in [4.69, 9.17) is 9.47 Å². The van der Waals surface area contributed by atoms with Gasteiger partial charge in [-0.05, 0) is 40.2 Å². The van der Waals surface area contributed by atoms with Crippen LogP contribution in [0.15, 0.2) is 0 Å². The van der Waals surface area contributed by atoms with E-state index in [1.165, 1.54) is 19.3 Å². The molecule has 0 aliphatic carbocycles. The molecule has 2 aliphatic rings. The predicted molar refractivity (Wildman–Crippen MR) is 82.1 cm³/mol. The van der Waals surface area contributed by atoms with Crippen LogP contribution in [0.1, 0.15) is 40.0 Å². The van der Waals surface area contributed by atoms with E-state index in [-0.39, 0.29) is 0 Å². The van der Waals surface area contributed by atoms with Crippen molar-refractivity contribution in [2.75, 3.05) is 40.0 Å². The number of hydrogen-bond acceptors (Lipinski definition) is 4. The third-order valence-corrected chi connectivity index (χ3v) is 5.01. The zero-order valence-electron chi connectivity index (χ0n) is 13.7. The highest BCUT2D eigenvalue weighted by Crippen LogP contribution is 2.21. The maximum atomic E-state index is 5.78. The molecule has 2 rings (SSSR count). The second kappa shape index (κ2) is 7.74. The van der Waals surface area contributed by atoms with Gasteiger partial charge >= 0.3 is 0 Å². The van der Waals surface area contributed by atoms with Crippen molar-refractivity contribution < 1.29 is 9.47 Å². The topological polar surface area (TPSA) is 24.9 Å². The Morgan fingerprint density at radius 3 is 2.35 bits per heavy atom. The van der Waals surface area contributed by atoms with E-state index in [9.17, 15) is 0 Å². The minimum absolute atomic E-state index is 0.574. The molecule has 0 amide bonds. The van der Waals surface area contributed by atoms with Crippen molar-refractivity contribution >= 4 is 0 Å². The van der Waals surface area contributed by atoms with E-state index in [1.807, 2.05) is 0 Å². The molecule has 0 spiro atoms. The molecule has 0 aromatic carbocycles. The molecule has 2 heterocycles. The van der Waals surface area contributed by atoms with Gasteiger partial charge in [-0.25, -0.2) is 0 Å². The molecule has 2 fully saturated rings. The Balaban J connectivity index is 1.83. The quantitative estimate of drug-likeness (QED) is 0.771. The normalized spacial score (nSPS) is 33.8. The summed E-state index contributed by atoms with van der Waals surface area (Å²) in [7, 11) is 2.26. The molecule has 4 heteroatoms. The van der Waals surface area contributed by atoms with Crippen molar-refractivity contribution in [2.45, 2.75) is 64.2 Å². The SMILES string of the molecule is CC[C@H]1COCC(CCC2COCCN2C(C)C)N1C. The largest absolute Gasteiger partial charge is 0.378 e. The van der Waals surface area contributed by atoms with Gasteiger partial charge in [0.2, 0.25) is 0 Å². The number of nitrogens with zero attached hydrogens (tertiary/aromatic N) is 2. The Kier molecular flexibility index (Phi) is 6.27. The zero-order valence-corrected chi connectivity index (χ0v) is 13.7. The van der Waals surface area contributed by atoms with Crippen LogP contribution >= 0.6 is 0 Å². The summed E-state index contributed by atoms with van der Waals surface area (Å²) in [6.07, 6.45) is 3.61. The summed E-state index contributed by atoms with van der Waals surface area (Å²) in [6.45, 7) is 11.5. The van der Waals surface area contributed by atoms with Crippen LogP contribution in [0.5, 0.6) is 0 Å². The lowest BCUT2D eigenvalue weighted by Crippen LogP contribution is -2.52. The van der Waals surface area contributed by atoms with Crippen LogP contribution < -0.4 is 0 Å². The number of hydrogen-bond donors (Lipinski definition) is 0. The van der Waals surface area contributed by atoms with Crippen LogP contribution in [0.2, 0.25) is 0 Å². The Labute approximate surface area is 124 Å². The Hall–Kier alpha value is -0.160. The fraction of sp³-hybridized carbons (Fsp3) is 1.00. The van der Waals surface area contributed by atoms with Crippen LogP contribution in [0.4, 0.5) is 0 Å². The zero-order chi connectivity index (χ0) is 14.5. The lowest BCUT2D eigenvalue weighted by atomic mass is 10.00. The van der Waals surface area contributed by atoms with E-state index in [1.54, 1.807) is 0 Å². The number of ether oxygens (including phenoxy) is 2. The standard InChI is InChI=1S/C16H32N2O2/c1-5-14-10-20-11-15(17(14)4)6-7-16-12-19-9-8-18(16)13(2)3/h13-16H,5-12H2,1-4H3/t14-,15?,16?/m0/s1. The lowest BCUT2D eigenvalue weighted by molar-refractivity contribution is -0.0531. The predicted octanol–water partition coefficient (Wildman–Crippen LogP) is 1.98. The minimum atomic E-state index is 0.574. The van der Waals surface area contributed by atoms with Crippen molar-refractivity contribution in [2.24, 2.45) is 0 Å². The highest BCUT2D eigenvalue weighted by atomic mass is 16.5. The molecule has 118 valence electrons. The van der Waals surface area contributed by atoms with Crippen LogP contribution in [0, 0.1) is 0 Å². The fourth-order valence-corrected chi connectivity index (χ4v) is 3.55. The minimum Gasteiger partial charge on any atom is -0.378 e. The molecule has 0 saturated carbocycles. The summed E-state index contributed by atoms with van der Waals surface area (Å²) in [6, 6.07) is 2.37. The second-order valence-corrected chi connectivity index (χ2v) is 6.56. The molecule has 2 aliphatic heterocycles. The first-order valence-corrected chi connectivity index (χ1v) is 8.26. The maximum absolute atomic E-state index is 5.78.